The Kier molecular flexibility index (Phi) is 6.61. The molecule has 28 heavy (non-hydrogen) atoms. The van der Waals surface area contributed by atoms with Gasteiger partial charge in [0.1, 0.15) is 5.75 Å². The van der Waals surface area contributed by atoms with E-state index in [-0.39, 0.29) is 11.2 Å². The molecule has 3 rings (SSSR count). The SMILES string of the molecule is CC(C)(COCc1ccc(F)c(Oc2ccccc2)c1)c1ccc(Cl)c(Cl)c1. The molecular weight excluding hydrogens is 398 g/mol. The fourth-order valence-electron chi connectivity index (χ4n) is 2.76. The normalized spacial score (nSPS) is 11.5. The van der Waals surface area contributed by atoms with Crippen LogP contribution in [0, 0.1) is 5.82 Å². The van der Waals surface area contributed by atoms with Crippen LogP contribution in [0.15, 0.2) is 66.7 Å². The molecule has 0 bridgehead atoms. The van der Waals surface area contributed by atoms with Crippen LogP contribution in [0.5, 0.6) is 11.5 Å². The molecular formula is C23H21Cl2FO2. The van der Waals surface area contributed by atoms with Crippen LogP contribution in [0.4, 0.5) is 4.39 Å². The van der Waals surface area contributed by atoms with Crippen molar-refractivity contribution in [2.75, 3.05) is 6.61 Å². The predicted octanol–water partition coefficient (Wildman–Crippen LogP) is 7.42. The molecule has 0 fully saturated rings. The average Bonchev–Trinajstić information content (AvgIpc) is 2.67. The van der Waals surface area contributed by atoms with E-state index in [1.165, 1.54) is 6.07 Å². The summed E-state index contributed by atoms with van der Waals surface area (Å²) in [5.74, 6) is 0.347. The standard InChI is InChI=1S/C23H21Cl2FO2/c1-23(2,17-9-10-19(24)20(25)13-17)15-27-14-16-8-11-21(26)22(12-16)28-18-6-4-3-5-7-18/h3-13H,14-15H2,1-2H3. The van der Waals surface area contributed by atoms with Gasteiger partial charge in [-0.2, -0.15) is 0 Å². The Hall–Kier alpha value is -2.07. The number of ether oxygens (including phenoxy) is 2. The number of hydrogen-bond donors (Lipinski definition) is 0. The summed E-state index contributed by atoms with van der Waals surface area (Å²) >= 11 is 12.1. The summed E-state index contributed by atoms with van der Waals surface area (Å²) in [5.41, 5.74) is 1.61. The molecule has 0 atom stereocenters. The van der Waals surface area contributed by atoms with Gasteiger partial charge in [-0.25, -0.2) is 4.39 Å². The van der Waals surface area contributed by atoms with Gasteiger partial charge in [-0.1, -0.05) is 67.4 Å². The van der Waals surface area contributed by atoms with E-state index in [4.69, 9.17) is 32.7 Å². The van der Waals surface area contributed by atoms with Gasteiger partial charge in [0.25, 0.3) is 0 Å². The lowest BCUT2D eigenvalue weighted by Crippen LogP contribution is -2.24. The smallest absolute Gasteiger partial charge is 0.165 e. The molecule has 0 unspecified atom stereocenters. The van der Waals surface area contributed by atoms with Crippen molar-refractivity contribution in [1.29, 1.82) is 0 Å². The lowest BCUT2D eigenvalue weighted by molar-refractivity contribution is 0.0823. The maximum absolute atomic E-state index is 14.1. The lowest BCUT2D eigenvalue weighted by atomic mass is 9.85. The predicted molar refractivity (Wildman–Crippen MR) is 112 cm³/mol. The van der Waals surface area contributed by atoms with Crippen LogP contribution in [0.2, 0.25) is 10.0 Å². The van der Waals surface area contributed by atoms with E-state index in [1.807, 2.05) is 30.3 Å². The van der Waals surface area contributed by atoms with Crippen molar-refractivity contribution in [3.05, 3.63) is 93.7 Å². The fourth-order valence-corrected chi connectivity index (χ4v) is 3.05. The average molecular weight is 419 g/mol. The molecule has 0 aromatic heterocycles. The highest BCUT2D eigenvalue weighted by molar-refractivity contribution is 6.42. The Labute approximate surface area is 174 Å². The van der Waals surface area contributed by atoms with E-state index in [0.717, 1.165) is 11.1 Å². The summed E-state index contributed by atoms with van der Waals surface area (Å²) in [6, 6.07) is 19.5. The van der Waals surface area contributed by atoms with Crippen LogP contribution < -0.4 is 4.74 Å². The topological polar surface area (TPSA) is 18.5 Å². The Bertz CT molecular complexity index is 943. The zero-order valence-corrected chi connectivity index (χ0v) is 17.2. The van der Waals surface area contributed by atoms with Gasteiger partial charge in [-0.05, 0) is 47.5 Å². The van der Waals surface area contributed by atoms with E-state index >= 15 is 0 Å². The first-order chi connectivity index (χ1) is 13.3. The van der Waals surface area contributed by atoms with Crippen molar-refractivity contribution < 1.29 is 13.9 Å². The van der Waals surface area contributed by atoms with Gasteiger partial charge < -0.3 is 9.47 Å². The summed E-state index contributed by atoms with van der Waals surface area (Å²) in [7, 11) is 0. The first-order valence-corrected chi connectivity index (χ1v) is 9.65. The second-order valence-electron chi connectivity index (χ2n) is 7.19. The van der Waals surface area contributed by atoms with Crippen molar-refractivity contribution in [3.63, 3.8) is 0 Å². The molecule has 0 saturated carbocycles. The second kappa shape index (κ2) is 8.95. The van der Waals surface area contributed by atoms with E-state index in [0.29, 0.717) is 29.0 Å². The fraction of sp³-hybridized carbons (Fsp3) is 0.217. The number of hydrogen-bond acceptors (Lipinski definition) is 2. The minimum Gasteiger partial charge on any atom is -0.454 e. The van der Waals surface area contributed by atoms with Crippen molar-refractivity contribution in [1.82, 2.24) is 0 Å². The van der Waals surface area contributed by atoms with Gasteiger partial charge in [0.15, 0.2) is 11.6 Å². The zero-order valence-electron chi connectivity index (χ0n) is 15.7. The maximum atomic E-state index is 14.1. The van der Waals surface area contributed by atoms with Crippen molar-refractivity contribution in [3.8, 4) is 11.5 Å². The highest BCUT2D eigenvalue weighted by atomic mass is 35.5. The van der Waals surface area contributed by atoms with E-state index < -0.39 is 5.82 Å². The van der Waals surface area contributed by atoms with Crippen LogP contribution >= 0.6 is 23.2 Å². The molecule has 0 amide bonds. The number of para-hydroxylation sites is 1. The van der Waals surface area contributed by atoms with Crippen LogP contribution in [0.25, 0.3) is 0 Å². The molecule has 5 heteroatoms. The molecule has 0 aliphatic heterocycles. The van der Waals surface area contributed by atoms with Gasteiger partial charge >= 0.3 is 0 Å². The molecule has 0 aliphatic rings. The summed E-state index contributed by atoms with van der Waals surface area (Å²) in [4.78, 5) is 0. The minimum atomic E-state index is -0.413. The number of rotatable bonds is 7. The summed E-state index contributed by atoms with van der Waals surface area (Å²) in [6.07, 6.45) is 0. The zero-order chi connectivity index (χ0) is 20.1. The summed E-state index contributed by atoms with van der Waals surface area (Å²) in [5, 5.41) is 1.05. The second-order valence-corrected chi connectivity index (χ2v) is 8.00. The third kappa shape index (κ3) is 5.26. The highest BCUT2D eigenvalue weighted by Gasteiger charge is 2.22. The first kappa shape index (κ1) is 20.7. The van der Waals surface area contributed by atoms with Crippen LogP contribution in [-0.4, -0.2) is 6.61 Å². The molecule has 3 aromatic carbocycles. The molecule has 0 heterocycles. The highest BCUT2D eigenvalue weighted by Crippen LogP contribution is 2.31. The summed E-state index contributed by atoms with van der Waals surface area (Å²) in [6.45, 7) is 4.95. The van der Waals surface area contributed by atoms with E-state index in [1.54, 1.807) is 30.3 Å². The molecule has 0 saturated heterocycles. The maximum Gasteiger partial charge on any atom is 0.165 e. The molecule has 2 nitrogen and oxygen atoms in total. The third-order valence-electron chi connectivity index (χ3n) is 4.40. The molecule has 0 spiro atoms. The van der Waals surface area contributed by atoms with Gasteiger partial charge in [0, 0.05) is 5.41 Å². The molecule has 3 aromatic rings. The van der Waals surface area contributed by atoms with E-state index in [2.05, 4.69) is 13.8 Å². The van der Waals surface area contributed by atoms with Crippen LogP contribution in [0.3, 0.4) is 0 Å². The Morgan fingerprint density at radius 3 is 2.36 bits per heavy atom. The quantitative estimate of drug-likeness (QED) is 0.397. The Balaban J connectivity index is 1.64. The van der Waals surface area contributed by atoms with Crippen molar-refractivity contribution in [2.24, 2.45) is 0 Å². The lowest BCUT2D eigenvalue weighted by Gasteiger charge is -2.25. The number of halogens is 3. The van der Waals surface area contributed by atoms with Gasteiger partial charge in [-0.15, -0.1) is 0 Å². The largest absolute Gasteiger partial charge is 0.454 e. The van der Waals surface area contributed by atoms with E-state index in [9.17, 15) is 4.39 Å². The number of benzene rings is 3. The van der Waals surface area contributed by atoms with Gasteiger partial charge in [0.05, 0.1) is 23.3 Å². The summed E-state index contributed by atoms with van der Waals surface area (Å²) < 4.78 is 25.6. The molecule has 0 N–H and O–H groups in total. The Morgan fingerprint density at radius 2 is 1.64 bits per heavy atom. The van der Waals surface area contributed by atoms with Crippen LogP contribution in [0.1, 0.15) is 25.0 Å². The first-order valence-electron chi connectivity index (χ1n) is 8.90. The van der Waals surface area contributed by atoms with Crippen LogP contribution in [-0.2, 0) is 16.8 Å². The van der Waals surface area contributed by atoms with Crippen molar-refractivity contribution >= 4 is 23.2 Å². The monoisotopic (exact) mass is 418 g/mol. The third-order valence-corrected chi connectivity index (χ3v) is 5.14. The molecule has 146 valence electrons. The van der Waals surface area contributed by atoms with Gasteiger partial charge in [0.2, 0.25) is 0 Å². The van der Waals surface area contributed by atoms with Gasteiger partial charge in [-0.3, -0.25) is 0 Å². The van der Waals surface area contributed by atoms with Crippen molar-refractivity contribution in [2.45, 2.75) is 25.9 Å². The molecule has 0 aliphatic carbocycles. The minimum absolute atomic E-state index is 0.177. The Morgan fingerprint density at radius 1 is 0.893 bits per heavy atom. The molecule has 0 radical (unpaired) electrons.